The van der Waals surface area contributed by atoms with Crippen molar-refractivity contribution in [2.75, 3.05) is 21.1 Å². The number of thiocarbonyl (C=S) groups is 1. The Morgan fingerprint density at radius 3 is 2.25 bits per heavy atom. The quantitative estimate of drug-likeness (QED) is 0.337. The molecule has 12 heavy (non-hydrogen) atoms. The molecule has 0 spiro atoms. The minimum absolute atomic E-state index is 0.115. The van der Waals surface area contributed by atoms with Gasteiger partial charge in [-0.25, -0.2) is 4.99 Å². The molecule has 0 radical (unpaired) electrons. The van der Waals surface area contributed by atoms with E-state index in [2.05, 4.69) is 4.99 Å². The van der Waals surface area contributed by atoms with Gasteiger partial charge in [0.15, 0.2) is 0 Å². The van der Waals surface area contributed by atoms with Crippen molar-refractivity contribution in [3.05, 3.63) is 0 Å². The van der Waals surface area contributed by atoms with Crippen molar-refractivity contribution in [3.63, 3.8) is 0 Å². The molecule has 0 aliphatic rings. The summed E-state index contributed by atoms with van der Waals surface area (Å²) in [5.41, 5.74) is 0. The molecular formula is C7H13N3OS. The Hall–Kier alpha value is -0.970. The van der Waals surface area contributed by atoms with Crippen LogP contribution in [0.25, 0.3) is 0 Å². The van der Waals surface area contributed by atoms with E-state index in [1.807, 2.05) is 14.1 Å². The molecule has 0 rings (SSSR count). The summed E-state index contributed by atoms with van der Waals surface area (Å²) in [6, 6.07) is 0. The maximum Gasteiger partial charge on any atom is 0.225 e. The van der Waals surface area contributed by atoms with E-state index in [1.54, 1.807) is 18.3 Å². The summed E-state index contributed by atoms with van der Waals surface area (Å²) >= 11 is 4.85. The number of nitrogens with zero attached hydrogens (tertiary/aromatic N) is 3. The second-order valence-electron chi connectivity index (χ2n) is 2.57. The summed E-state index contributed by atoms with van der Waals surface area (Å²) in [5, 5.41) is 0.274. The number of rotatable bonds is 1. The van der Waals surface area contributed by atoms with E-state index >= 15 is 0 Å². The first kappa shape index (κ1) is 11.0. The Bertz CT molecular complexity index is 213. The van der Waals surface area contributed by atoms with Crippen molar-refractivity contribution in [1.29, 1.82) is 0 Å². The molecule has 0 N–H and O–H groups in total. The minimum atomic E-state index is -0.115. The molecule has 0 aliphatic carbocycles. The van der Waals surface area contributed by atoms with Crippen LogP contribution in [0.4, 0.5) is 0 Å². The third-order valence-corrected chi connectivity index (χ3v) is 1.54. The van der Waals surface area contributed by atoms with Gasteiger partial charge in [0, 0.05) is 28.1 Å². The summed E-state index contributed by atoms with van der Waals surface area (Å²) in [7, 11) is 5.26. The van der Waals surface area contributed by atoms with Crippen LogP contribution in [-0.4, -0.2) is 48.3 Å². The monoisotopic (exact) mass is 187 g/mol. The zero-order chi connectivity index (χ0) is 9.72. The fourth-order valence-electron chi connectivity index (χ4n) is 0.386. The topological polar surface area (TPSA) is 35.9 Å². The van der Waals surface area contributed by atoms with Crippen LogP contribution in [-0.2, 0) is 4.79 Å². The fourth-order valence-corrected chi connectivity index (χ4v) is 0.562. The maximum atomic E-state index is 10.8. The molecule has 0 aliphatic heterocycles. The molecule has 0 aromatic heterocycles. The van der Waals surface area contributed by atoms with Crippen molar-refractivity contribution >= 4 is 29.6 Å². The lowest BCUT2D eigenvalue weighted by Crippen LogP contribution is -2.28. The highest BCUT2D eigenvalue weighted by molar-refractivity contribution is 7.80. The number of carbonyl (C=O) groups excluding carboxylic acids is 1. The Morgan fingerprint density at radius 2 is 1.92 bits per heavy atom. The lowest BCUT2D eigenvalue weighted by molar-refractivity contribution is -0.124. The summed E-state index contributed by atoms with van der Waals surface area (Å²) in [5.74, 6) is -0.115. The molecule has 0 atom stereocenters. The summed E-state index contributed by atoms with van der Waals surface area (Å²) in [6.07, 6.45) is 1.56. The molecular weight excluding hydrogens is 174 g/mol. The third kappa shape index (κ3) is 4.02. The van der Waals surface area contributed by atoms with E-state index < -0.39 is 0 Å². The molecule has 68 valence electrons. The predicted molar refractivity (Wildman–Crippen MR) is 53.2 cm³/mol. The van der Waals surface area contributed by atoms with Crippen molar-refractivity contribution in [2.45, 2.75) is 6.92 Å². The molecule has 0 aromatic carbocycles. The van der Waals surface area contributed by atoms with Gasteiger partial charge in [0.05, 0.1) is 6.34 Å². The van der Waals surface area contributed by atoms with Crippen molar-refractivity contribution in [2.24, 2.45) is 4.99 Å². The first-order valence-electron chi connectivity index (χ1n) is 3.44. The van der Waals surface area contributed by atoms with E-state index in [-0.39, 0.29) is 11.0 Å². The first-order valence-corrected chi connectivity index (χ1v) is 3.85. The van der Waals surface area contributed by atoms with Crippen LogP contribution in [0.3, 0.4) is 0 Å². The molecule has 4 nitrogen and oxygen atoms in total. The zero-order valence-corrected chi connectivity index (χ0v) is 8.55. The van der Waals surface area contributed by atoms with Crippen LogP contribution in [0, 0.1) is 0 Å². The smallest absolute Gasteiger partial charge is 0.225 e. The van der Waals surface area contributed by atoms with Gasteiger partial charge in [0.1, 0.15) is 0 Å². The number of hydrogen-bond acceptors (Lipinski definition) is 2. The minimum Gasteiger partial charge on any atom is -0.369 e. The molecule has 5 heteroatoms. The normalized spacial score (nSPS) is 10.0. The summed E-state index contributed by atoms with van der Waals surface area (Å²) < 4.78 is 0. The standard InChI is InChI=1S/C7H13N3OS/c1-6(11)10(4)7(12)8-5-9(2)3/h5H,1-4H3/b8-5-. The van der Waals surface area contributed by atoms with Crippen molar-refractivity contribution < 1.29 is 4.79 Å². The second kappa shape index (κ2) is 4.82. The lowest BCUT2D eigenvalue weighted by atomic mass is 10.6. The predicted octanol–water partition coefficient (Wildman–Crippen LogP) is 0.340. The van der Waals surface area contributed by atoms with Gasteiger partial charge >= 0.3 is 0 Å². The highest BCUT2D eigenvalue weighted by Gasteiger charge is 2.05. The molecule has 0 saturated heterocycles. The van der Waals surface area contributed by atoms with Crippen LogP contribution < -0.4 is 0 Å². The highest BCUT2D eigenvalue weighted by atomic mass is 32.1. The molecule has 0 heterocycles. The van der Waals surface area contributed by atoms with Gasteiger partial charge in [-0.3, -0.25) is 9.69 Å². The SMILES string of the molecule is CC(=O)N(C)C(=S)/N=C\N(C)C. The van der Waals surface area contributed by atoms with Crippen LogP contribution >= 0.6 is 12.2 Å². The van der Waals surface area contributed by atoms with Crippen LogP contribution in [0.1, 0.15) is 6.92 Å². The fraction of sp³-hybridized carbons (Fsp3) is 0.571. The third-order valence-electron chi connectivity index (χ3n) is 1.16. The van der Waals surface area contributed by atoms with Crippen LogP contribution in [0.2, 0.25) is 0 Å². The molecule has 0 saturated carbocycles. The van der Waals surface area contributed by atoms with E-state index in [9.17, 15) is 4.79 Å². The Morgan fingerprint density at radius 1 is 1.42 bits per heavy atom. The largest absolute Gasteiger partial charge is 0.369 e. The Labute approximate surface area is 77.9 Å². The molecule has 0 aromatic rings. The summed E-state index contributed by atoms with van der Waals surface area (Å²) in [6.45, 7) is 1.44. The molecule has 0 bridgehead atoms. The zero-order valence-electron chi connectivity index (χ0n) is 7.74. The van der Waals surface area contributed by atoms with Gasteiger partial charge in [0.25, 0.3) is 0 Å². The number of hydrogen-bond donors (Lipinski definition) is 0. The number of aliphatic imine (C=N–C) groups is 1. The van der Waals surface area contributed by atoms with Gasteiger partial charge in [-0.15, -0.1) is 0 Å². The second-order valence-corrected chi connectivity index (χ2v) is 2.93. The van der Waals surface area contributed by atoms with Gasteiger partial charge in [0.2, 0.25) is 11.0 Å². The lowest BCUT2D eigenvalue weighted by Gasteiger charge is -2.12. The van der Waals surface area contributed by atoms with Crippen LogP contribution in [0.15, 0.2) is 4.99 Å². The van der Waals surface area contributed by atoms with Crippen molar-refractivity contribution in [3.8, 4) is 0 Å². The molecule has 0 unspecified atom stereocenters. The van der Waals surface area contributed by atoms with Crippen molar-refractivity contribution in [1.82, 2.24) is 9.80 Å². The van der Waals surface area contributed by atoms with E-state index in [1.165, 1.54) is 11.8 Å². The van der Waals surface area contributed by atoms with E-state index in [0.717, 1.165) is 0 Å². The number of carbonyl (C=O) groups is 1. The van der Waals surface area contributed by atoms with Gasteiger partial charge < -0.3 is 4.90 Å². The van der Waals surface area contributed by atoms with Crippen LogP contribution in [0.5, 0.6) is 0 Å². The average molecular weight is 187 g/mol. The van der Waals surface area contributed by atoms with Gasteiger partial charge in [-0.1, -0.05) is 0 Å². The van der Waals surface area contributed by atoms with E-state index in [4.69, 9.17) is 12.2 Å². The van der Waals surface area contributed by atoms with Gasteiger partial charge in [-0.2, -0.15) is 0 Å². The Balaban J connectivity index is 4.13. The Kier molecular flexibility index (Phi) is 4.43. The highest BCUT2D eigenvalue weighted by Crippen LogP contribution is 1.89. The first-order chi connectivity index (χ1) is 5.45. The molecule has 0 fully saturated rings. The maximum absolute atomic E-state index is 10.8. The molecule has 1 amide bonds. The number of amides is 1. The van der Waals surface area contributed by atoms with Gasteiger partial charge in [-0.05, 0) is 12.2 Å². The average Bonchev–Trinajstić information content (AvgIpc) is 1.98. The van der Waals surface area contributed by atoms with E-state index in [0.29, 0.717) is 0 Å². The summed E-state index contributed by atoms with van der Waals surface area (Å²) in [4.78, 5) is 17.7.